The van der Waals surface area contributed by atoms with Gasteiger partial charge in [0.25, 0.3) is 0 Å². The number of piperidine rings is 1. The third kappa shape index (κ3) is 2.70. The summed E-state index contributed by atoms with van der Waals surface area (Å²) in [4.78, 5) is 2.31. The quantitative estimate of drug-likeness (QED) is 0.767. The highest BCUT2D eigenvalue weighted by Crippen LogP contribution is 2.19. The van der Waals surface area contributed by atoms with E-state index in [-0.39, 0.29) is 0 Å². The molecular weight excluding hydrogens is 188 g/mol. The number of hydrogen-bond donors (Lipinski definition) is 2. The fourth-order valence-electron chi connectivity index (χ4n) is 2.12. The molecule has 0 saturated carbocycles. The summed E-state index contributed by atoms with van der Waals surface area (Å²) in [7, 11) is 0. The van der Waals surface area contributed by atoms with Gasteiger partial charge in [0, 0.05) is 24.7 Å². The first-order chi connectivity index (χ1) is 7.25. The van der Waals surface area contributed by atoms with Crippen LogP contribution in [0.1, 0.15) is 18.4 Å². The zero-order valence-corrected chi connectivity index (χ0v) is 8.89. The number of nitrogens with two attached hydrogens (primary N) is 1. The third-order valence-corrected chi connectivity index (χ3v) is 2.93. The van der Waals surface area contributed by atoms with E-state index in [1.54, 1.807) is 6.07 Å². The van der Waals surface area contributed by atoms with Crippen LogP contribution in [0.3, 0.4) is 0 Å². The highest BCUT2D eigenvalue weighted by Gasteiger charge is 2.17. The van der Waals surface area contributed by atoms with Crippen molar-refractivity contribution in [3.8, 4) is 5.75 Å². The summed E-state index contributed by atoms with van der Waals surface area (Å²) in [5.41, 5.74) is 6.90. The molecule has 0 spiro atoms. The van der Waals surface area contributed by atoms with E-state index >= 15 is 0 Å². The molecule has 2 rings (SSSR count). The zero-order valence-electron chi connectivity index (χ0n) is 8.89. The Bertz CT molecular complexity index is 327. The summed E-state index contributed by atoms with van der Waals surface area (Å²) >= 11 is 0. The molecule has 0 aliphatic carbocycles. The van der Waals surface area contributed by atoms with Crippen LogP contribution in [0.15, 0.2) is 24.3 Å². The Kier molecular flexibility index (Phi) is 3.23. The van der Waals surface area contributed by atoms with E-state index in [9.17, 15) is 5.11 Å². The van der Waals surface area contributed by atoms with Crippen LogP contribution in [0.5, 0.6) is 5.75 Å². The van der Waals surface area contributed by atoms with Crippen LogP contribution in [0.25, 0.3) is 0 Å². The van der Waals surface area contributed by atoms with Crippen LogP contribution in [-0.2, 0) is 6.54 Å². The van der Waals surface area contributed by atoms with Gasteiger partial charge in [-0.25, -0.2) is 0 Å². The summed E-state index contributed by atoms with van der Waals surface area (Å²) in [5.74, 6) is 0.386. The molecule has 1 aliphatic rings. The smallest absolute Gasteiger partial charge is 0.120 e. The average Bonchev–Trinajstić information content (AvgIpc) is 2.22. The summed E-state index contributed by atoms with van der Waals surface area (Å²) < 4.78 is 0. The molecular formula is C12H18N2O. The number of benzene rings is 1. The van der Waals surface area contributed by atoms with Crippen molar-refractivity contribution in [2.45, 2.75) is 25.4 Å². The van der Waals surface area contributed by atoms with Gasteiger partial charge in [-0.1, -0.05) is 18.2 Å². The molecule has 0 amide bonds. The number of para-hydroxylation sites is 1. The van der Waals surface area contributed by atoms with Crippen molar-refractivity contribution in [1.29, 1.82) is 0 Å². The van der Waals surface area contributed by atoms with Gasteiger partial charge >= 0.3 is 0 Å². The lowest BCUT2D eigenvalue weighted by molar-refractivity contribution is 0.199. The Hall–Kier alpha value is -1.06. The molecule has 0 unspecified atom stereocenters. The second-order valence-corrected chi connectivity index (χ2v) is 4.27. The highest BCUT2D eigenvalue weighted by atomic mass is 16.3. The number of rotatable bonds is 2. The Morgan fingerprint density at radius 2 is 2.20 bits per heavy atom. The minimum absolute atomic E-state index is 0.296. The van der Waals surface area contributed by atoms with Gasteiger partial charge in [-0.15, -0.1) is 0 Å². The molecule has 1 aliphatic heterocycles. The Labute approximate surface area is 90.5 Å². The summed E-state index contributed by atoms with van der Waals surface area (Å²) in [6, 6.07) is 7.80. The van der Waals surface area contributed by atoms with Crippen molar-refractivity contribution in [2.24, 2.45) is 5.73 Å². The maximum absolute atomic E-state index is 9.65. The van der Waals surface area contributed by atoms with Crippen LogP contribution < -0.4 is 5.73 Å². The van der Waals surface area contributed by atoms with E-state index in [1.165, 1.54) is 0 Å². The highest BCUT2D eigenvalue weighted by molar-refractivity contribution is 5.31. The molecule has 0 bridgehead atoms. The third-order valence-electron chi connectivity index (χ3n) is 2.93. The van der Waals surface area contributed by atoms with E-state index in [4.69, 9.17) is 5.73 Å². The normalized spacial score (nSPS) is 22.9. The van der Waals surface area contributed by atoms with Crippen LogP contribution in [0.2, 0.25) is 0 Å². The van der Waals surface area contributed by atoms with Crippen LogP contribution in [0.4, 0.5) is 0 Å². The average molecular weight is 206 g/mol. The lowest BCUT2D eigenvalue weighted by Crippen LogP contribution is -2.42. The number of aromatic hydroxyl groups is 1. The van der Waals surface area contributed by atoms with Crippen molar-refractivity contribution in [3.63, 3.8) is 0 Å². The standard InChI is InChI=1S/C12H18N2O/c13-11-5-3-7-14(9-11)8-10-4-1-2-6-12(10)15/h1-2,4,6,11,15H,3,5,7-9,13H2/t11-/m1/s1. The molecule has 1 atom stereocenters. The zero-order chi connectivity index (χ0) is 10.7. The number of phenols is 1. The van der Waals surface area contributed by atoms with Crippen LogP contribution in [0, 0.1) is 0 Å². The van der Waals surface area contributed by atoms with E-state index in [2.05, 4.69) is 4.90 Å². The first-order valence-electron chi connectivity index (χ1n) is 5.50. The van der Waals surface area contributed by atoms with Crippen molar-refractivity contribution in [2.75, 3.05) is 13.1 Å². The van der Waals surface area contributed by atoms with Crippen molar-refractivity contribution < 1.29 is 5.11 Å². The molecule has 1 aromatic carbocycles. The molecule has 15 heavy (non-hydrogen) atoms. The van der Waals surface area contributed by atoms with E-state index in [1.807, 2.05) is 18.2 Å². The largest absolute Gasteiger partial charge is 0.508 e. The fraction of sp³-hybridized carbons (Fsp3) is 0.500. The molecule has 82 valence electrons. The summed E-state index contributed by atoms with van der Waals surface area (Å²) in [6.45, 7) is 2.83. The Balaban J connectivity index is 1.99. The van der Waals surface area contributed by atoms with Gasteiger partial charge in [-0.2, -0.15) is 0 Å². The molecule has 1 saturated heterocycles. The van der Waals surface area contributed by atoms with Gasteiger partial charge in [-0.05, 0) is 25.5 Å². The minimum atomic E-state index is 0.296. The first-order valence-corrected chi connectivity index (χ1v) is 5.50. The summed E-state index contributed by atoms with van der Waals surface area (Å²) in [5, 5.41) is 9.65. The lowest BCUT2D eigenvalue weighted by Gasteiger charge is -2.30. The first kappa shape index (κ1) is 10.5. The predicted octanol–water partition coefficient (Wildman–Crippen LogP) is 1.32. The minimum Gasteiger partial charge on any atom is -0.508 e. The molecule has 0 radical (unpaired) electrons. The molecule has 3 nitrogen and oxygen atoms in total. The van der Waals surface area contributed by atoms with E-state index < -0.39 is 0 Å². The molecule has 1 heterocycles. The molecule has 0 aromatic heterocycles. The lowest BCUT2D eigenvalue weighted by atomic mass is 10.1. The van der Waals surface area contributed by atoms with Crippen molar-refractivity contribution in [3.05, 3.63) is 29.8 Å². The topological polar surface area (TPSA) is 49.5 Å². The number of nitrogens with zero attached hydrogens (tertiary/aromatic N) is 1. The summed E-state index contributed by atoms with van der Waals surface area (Å²) in [6.07, 6.45) is 2.28. The van der Waals surface area contributed by atoms with Gasteiger partial charge in [-0.3, -0.25) is 4.90 Å². The molecule has 3 N–H and O–H groups in total. The van der Waals surface area contributed by atoms with Gasteiger partial charge in [0.15, 0.2) is 0 Å². The van der Waals surface area contributed by atoms with Crippen molar-refractivity contribution >= 4 is 0 Å². The van der Waals surface area contributed by atoms with Gasteiger partial charge < -0.3 is 10.8 Å². The van der Waals surface area contributed by atoms with Crippen molar-refractivity contribution in [1.82, 2.24) is 4.90 Å². The number of likely N-dealkylation sites (tertiary alicyclic amines) is 1. The Morgan fingerprint density at radius 3 is 2.93 bits per heavy atom. The maximum Gasteiger partial charge on any atom is 0.120 e. The van der Waals surface area contributed by atoms with Gasteiger partial charge in [0.2, 0.25) is 0 Å². The van der Waals surface area contributed by atoms with E-state index in [0.29, 0.717) is 11.8 Å². The predicted molar refractivity (Wildman–Crippen MR) is 60.6 cm³/mol. The second kappa shape index (κ2) is 4.64. The SMILES string of the molecule is N[C@@H]1CCCN(Cc2ccccc2O)C1. The Morgan fingerprint density at radius 1 is 1.40 bits per heavy atom. The van der Waals surface area contributed by atoms with Crippen LogP contribution >= 0.6 is 0 Å². The van der Waals surface area contributed by atoms with Crippen LogP contribution in [-0.4, -0.2) is 29.1 Å². The molecule has 3 heteroatoms. The second-order valence-electron chi connectivity index (χ2n) is 4.27. The fourth-order valence-corrected chi connectivity index (χ4v) is 2.12. The maximum atomic E-state index is 9.65. The van der Waals surface area contributed by atoms with E-state index in [0.717, 1.165) is 38.0 Å². The van der Waals surface area contributed by atoms with Gasteiger partial charge in [0.1, 0.15) is 5.75 Å². The molecule has 1 aromatic rings. The number of hydrogen-bond acceptors (Lipinski definition) is 3. The molecule has 1 fully saturated rings. The monoisotopic (exact) mass is 206 g/mol. The number of phenolic OH excluding ortho intramolecular Hbond substituents is 1. The van der Waals surface area contributed by atoms with Gasteiger partial charge in [0.05, 0.1) is 0 Å².